The van der Waals surface area contributed by atoms with E-state index in [0.29, 0.717) is 0 Å². The first-order valence-corrected chi connectivity index (χ1v) is 19.6. The number of benzene rings is 9. The average molecular weight is 726 g/mol. The zero-order valence-corrected chi connectivity index (χ0v) is 31.0. The molecule has 57 heavy (non-hydrogen) atoms. The number of nitrogens with zero attached hydrogens (tertiary/aromatic N) is 3. The van der Waals surface area contributed by atoms with Gasteiger partial charge in [0.25, 0.3) is 0 Å². The molecule has 0 atom stereocenters. The topological polar surface area (TPSA) is 14.8 Å². The molecule has 9 aromatic carbocycles. The summed E-state index contributed by atoms with van der Waals surface area (Å²) >= 11 is 0. The fourth-order valence-electron chi connectivity index (χ4n) is 9.43. The Kier molecular flexibility index (Phi) is 6.93. The van der Waals surface area contributed by atoms with Crippen molar-refractivity contribution in [3.8, 4) is 39.3 Å². The van der Waals surface area contributed by atoms with E-state index in [-0.39, 0.29) is 0 Å². The molecule has 0 fully saturated rings. The molecule has 0 aliphatic heterocycles. The monoisotopic (exact) mass is 725 g/mol. The van der Waals surface area contributed by atoms with Gasteiger partial charge in [-0.1, -0.05) is 133 Å². The van der Waals surface area contributed by atoms with Crippen LogP contribution in [0.2, 0.25) is 0 Å². The first-order valence-electron chi connectivity index (χ1n) is 19.6. The molecule has 0 spiro atoms. The van der Waals surface area contributed by atoms with Crippen molar-refractivity contribution < 1.29 is 0 Å². The summed E-state index contributed by atoms with van der Waals surface area (Å²) in [6, 6.07) is 77.5. The molecule has 3 aromatic heterocycles. The Hall–Kier alpha value is -7.62. The van der Waals surface area contributed by atoms with Gasteiger partial charge in [-0.05, 0) is 101 Å². The molecular weight excluding hydrogens is 691 g/mol. The van der Waals surface area contributed by atoms with Gasteiger partial charge in [-0.3, -0.25) is 0 Å². The Morgan fingerprint density at radius 3 is 1.35 bits per heavy atom. The number of para-hydroxylation sites is 5. The van der Waals surface area contributed by atoms with Gasteiger partial charge in [0.05, 0.1) is 33.1 Å². The molecule has 266 valence electrons. The summed E-state index contributed by atoms with van der Waals surface area (Å²) < 4.78 is 7.26. The molecule has 0 saturated heterocycles. The van der Waals surface area contributed by atoms with Crippen LogP contribution in [-0.2, 0) is 0 Å². The van der Waals surface area contributed by atoms with Gasteiger partial charge in [0, 0.05) is 49.4 Å². The van der Waals surface area contributed by atoms with Gasteiger partial charge in [-0.15, -0.1) is 0 Å². The van der Waals surface area contributed by atoms with E-state index in [1.165, 1.54) is 87.7 Å². The minimum absolute atomic E-state index is 1.14. The predicted molar refractivity (Wildman–Crippen MR) is 240 cm³/mol. The van der Waals surface area contributed by atoms with Gasteiger partial charge in [0.15, 0.2) is 0 Å². The van der Waals surface area contributed by atoms with Crippen LogP contribution in [0.1, 0.15) is 0 Å². The summed E-state index contributed by atoms with van der Waals surface area (Å²) in [6.45, 7) is 0. The number of fused-ring (bicyclic) bond motifs is 9. The van der Waals surface area contributed by atoms with Gasteiger partial charge in [-0.25, -0.2) is 0 Å². The molecule has 0 N–H and O–H groups in total. The summed E-state index contributed by atoms with van der Waals surface area (Å²) in [7, 11) is 0. The predicted octanol–water partition coefficient (Wildman–Crippen LogP) is 14.3. The van der Waals surface area contributed by atoms with Crippen molar-refractivity contribution in [3.05, 3.63) is 212 Å². The van der Waals surface area contributed by atoms with Crippen LogP contribution in [-0.4, -0.2) is 13.7 Å². The number of rotatable bonds is 5. The number of hydrogen-bond acceptors (Lipinski definition) is 0. The molecule has 12 aromatic rings. The Morgan fingerprint density at radius 2 is 0.702 bits per heavy atom. The fraction of sp³-hybridized carbons (Fsp3) is 0. The molecule has 0 unspecified atom stereocenters. The first-order chi connectivity index (χ1) is 28.3. The number of hydrogen-bond donors (Lipinski definition) is 0. The van der Waals surface area contributed by atoms with Crippen molar-refractivity contribution in [1.29, 1.82) is 0 Å². The Morgan fingerprint density at radius 1 is 0.228 bits per heavy atom. The second-order valence-corrected chi connectivity index (χ2v) is 14.9. The Balaban J connectivity index is 1.15. The normalized spacial score (nSPS) is 11.9. The third kappa shape index (κ3) is 4.73. The molecule has 0 aliphatic rings. The van der Waals surface area contributed by atoms with Crippen molar-refractivity contribution in [1.82, 2.24) is 13.7 Å². The highest BCUT2D eigenvalue weighted by Crippen LogP contribution is 2.45. The van der Waals surface area contributed by atoms with Crippen molar-refractivity contribution in [2.75, 3.05) is 0 Å². The molecular formula is C54H35N3. The van der Waals surface area contributed by atoms with E-state index in [4.69, 9.17) is 0 Å². The zero-order valence-electron chi connectivity index (χ0n) is 31.0. The van der Waals surface area contributed by atoms with Crippen molar-refractivity contribution in [2.45, 2.75) is 0 Å². The lowest BCUT2D eigenvalue weighted by Gasteiger charge is -2.15. The highest BCUT2D eigenvalue weighted by atomic mass is 15.0. The van der Waals surface area contributed by atoms with Gasteiger partial charge in [0.1, 0.15) is 0 Å². The van der Waals surface area contributed by atoms with E-state index < -0.39 is 0 Å². The van der Waals surface area contributed by atoms with Crippen molar-refractivity contribution in [2.24, 2.45) is 0 Å². The largest absolute Gasteiger partial charge is 0.309 e. The van der Waals surface area contributed by atoms with Crippen LogP contribution in [0.25, 0.3) is 105 Å². The summed E-state index contributed by atoms with van der Waals surface area (Å²) in [5.74, 6) is 0. The molecule has 0 radical (unpaired) electrons. The average Bonchev–Trinajstić information content (AvgIpc) is 3.92. The van der Waals surface area contributed by atoms with Crippen LogP contribution in [0, 0.1) is 0 Å². The van der Waals surface area contributed by atoms with Gasteiger partial charge < -0.3 is 13.7 Å². The second-order valence-electron chi connectivity index (χ2n) is 14.9. The maximum Gasteiger partial charge on any atom is 0.0547 e. The lowest BCUT2D eigenvalue weighted by Crippen LogP contribution is -1.96. The SMILES string of the molecule is c1ccc(-c2cc3c(cc2-c2cccc4c2c2ccccc2n4-c2ccc4c(c2)c2ccccc2n4-c2ccccc2)c2ccccc2n3-c2ccccc2)cc1. The van der Waals surface area contributed by atoms with E-state index in [9.17, 15) is 0 Å². The van der Waals surface area contributed by atoms with Crippen LogP contribution in [0.4, 0.5) is 0 Å². The molecule has 3 nitrogen and oxygen atoms in total. The zero-order chi connectivity index (χ0) is 37.5. The van der Waals surface area contributed by atoms with Crippen LogP contribution in [0.15, 0.2) is 212 Å². The summed E-state index contributed by atoms with van der Waals surface area (Å²) in [5, 5.41) is 7.46. The van der Waals surface area contributed by atoms with Crippen molar-refractivity contribution >= 4 is 65.4 Å². The second kappa shape index (κ2) is 12.5. The van der Waals surface area contributed by atoms with E-state index >= 15 is 0 Å². The van der Waals surface area contributed by atoms with Crippen LogP contribution in [0.3, 0.4) is 0 Å². The standard InChI is InChI=1S/C54H35N3/c1-4-17-36(18-5-1)44-35-53-47(41-24-11-14-28-49(41)56(53)38-21-8-3-9-22-38)34-45(44)42-26-16-30-52-54(42)43-25-12-15-29-50(43)57(52)39-31-32-51-46(33-39)40-23-10-13-27-48(40)55(51)37-19-6-2-7-20-37/h1-35H. The fourth-order valence-corrected chi connectivity index (χ4v) is 9.43. The molecule has 3 heteroatoms. The first kappa shape index (κ1) is 31.7. The molecule has 0 saturated carbocycles. The van der Waals surface area contributed by atoms with Crippen LogP contribution >= 0.6 is 0 Å². The maximum absolute atomic E-state index is 2.46. The highest BCUT2D eigenvalue weighted by Gasteiger charge is 2.22. The molecule has 3 heterocycles. The smallest absolute Gasteiger partial charge is 0.0547 e. The Bertz CT molecular complexity index is 3500. The summed E-state index contributed by atoms with van der Waals surface area (Å²) in [5.41, 5.74) is 15.5. The van der Waals surface area contributed by atoms with E-state index in [1.54, 1.807) is 0 Å². The minimum atomic E-state index is 1.14. The molecule has 0 bridgehead atoms. The van der Waals surface area contributed by atoms with Gasteiger partial charge >= 0.3 is 0 Å². The van der Waals surface area contributed by atoms with E-state index in [2.05, 4.69) is 226 Å². The number of aromatic nitrogens is 3. The lowest BCUT2D eigenvalue weighted by molar-refractivity contribution is 1.17. The summed E-state index contributed by atoms with van der Waals surface area (Å²) in [4.78, 5) is 0. The third-order valence-electron chi connectivity index (χ3n) is 11.8. The molecule has 0 aliphatic carbocycles. The minimum Gasteiger partial charge on any atom is -0.309 e. The Labute approximate surface area is 329 Å². The maximum atomic E-state index is 2.46. The van der Waals surface area contributed by atoms with Crippen molar-refractivity contribution in [3.63, 3.8) is 0 Å². The van der Waals surface area contributed by atoms with Gasteiger partial charge in [0.2, 0.25) is 0 Å². The van der Waals surface area contributed by atoms with Crippen LogP contribution < -0.4 is 0 Å². The third-order valence-corrected chi connectivity index (χ3v) is 11.8. The van der Waals surface area contributed by atoms with E-state index in [1.807, 2.05) is 0 Å². The summed E-state index contributed by atoms with van der Waals surface area (Å²) in [6.07, 6.45) is 0. The lowest BCUT2D eigenvalue weighted by atomic mass is 9.90. The quantitative estimate of drug-likeness (QED) is 0.168. The molecule has 0 amide bonds. The molecule has 12 rings (SSSR count). The highest BCUT2D eigenvalue weighted by molar-refractivity contribution is 6.19. The van der Waals surface area contributed by atoms with Crippen LogP contribution in [0.5, 0.6) is 0 Å². The van der Waals surface area contributed by atoms with E-state index in [0.717, 1.165) is 17.1 Å². The van der Waals surface area contributed by atoms with Gasteiger partial charge in [-0.2, -0.15) is 0 Å².